The molecule has 5 heteroatoms. The zero-order valence-corrected chi connectivity index (χ0v) is 12.3. The number of nitrogens with one attached hydrogen (secondary N) is 1. The molecule has 2 aromatic rings. The highest BCUT2D eigenvalue weighted by Crippen LogP contribution is 2.18. The van der Waals surface area contributed by atoms with Crippen molar-refractivity contribution in [3.05, 3.63) is 59.1 Å². The lowest BCUT2D eigenvalue weighted by Crippen LogP contribution is -2.30. The van der Waals surface area contributed by atoms with Crippen LogP contribution in [0.4, 0.5) is 11.4 Å². The maximum absolute atomic E-state index is 12.0. The Hall–Kier alpha value is -2.51. The minimum absolute atomic E-state index is 0.144. The molecule has 0 saturated carbocycles. The summed E-state index contributed by atoms with van der Waals surface area (Å²) in [5.74, 6) is -0.174. The fourth-order valence-electron chi connectivity index (χ4n) is 1.97. The highest BCUT2D eigenvalue weighted by Gasteiger charge is 2.11. The largest absolute Gasteiger partial charge is 0.364 e. The molecule has 0 radical (unpaired) electrons. The summed E-state index contributed by atoms with van der Waals surface area (Å²) in [6, 6.07) is 16.2. The maximum Gasteiger partial charge on any atom is 0.243 e. The molecular weight excluding hydrogens is 286 g/mol. The number of nitriles is 1. The average molecular weight is 300 g/mol. The summed E-state index contributed by atoms with van der Waals surface area (Å²) in [5, 5.41) is 12.4. The van der Waals surface area contributed by atoms with Gasteiger partial charge in [-0.25, -0.2) is 0 Å². The zero-order chi connectivity index (χ0) is 15.2. The van der Waals surface area contributed by atoms with Gasteiger partial charge in [0.25, 0.3) is 0 Å². The van der Waals surface area contributed by atoms with Gasteiger partial charge in [0.15, 0.2) is 0 Å². The number of carbonyl (C=O) groups excluding carboxylic acids is 1. The lowest BCUT2D eigenvalue weighted by molar-refractivity contribution is -0.114. The molecule has 0 spiro atoms. The highest BCUT2D eigenvalue weighted by molar-refractivity contribution is 6.30. The molecule has 0 fully saturated rings. The number of benzene rings is 2. The van der Waals surface area contributed by atoms with Gasteiger partial charge in [-0.1, -0.05) is 29.8 Å². The predicted octanol–water partition coefficient (Wildman–Crippen LogP) is 3.29. The van der Waals surface area contributed by atoms with E-state index in [1.807, 2.05) is 12.1 Å². The first-order valence-electron chi connectivity index (χ1n) is 6.36. The Balaban J connectivity index is 2.04. The van der Waals surface area contributed by atoms with Gasteiger partial charge in [0.1, 0.15) is 6.07 Å². The van der Waals surface area contributed by atoms with Crippen molar-refractivity contribution in [1.29, 1.82) is 5.26 Å². The molecule has 106 valence electrons. The fourth-order valence-corrected chi connectivity index (χ4v) is 2.16. The molecule has 21 heavy (non-hydrogen) atoms. The van der Waals surface area contributed by atoms with Crippen molar-refractivity contribution in [1.82, 2.24) is 0 Å². The molecule has 1 amide bonds. The van der Waals surface area contributed by atoms with Crippen LogP contribution in [0.3, 0.4) is 0 Å². The summed E-state index contributed by atoms with van der Waals surface area (Å²) in [4.78, 5) is 13.8. The molecule has 2 aromatic carbocycles. The monoisotopic (exact) mass is 299 g/mol. The Morgan fingerprint density at radius 2 is 2.05 bits per heavy atom. The van der Waals surface area contributed by atoms with Gasteiger partial charge < -0.3 is 10.2 Å². The van der Waals surface area contributed by atoms with Crippen LogP contribution in [0.15, 0.2) is 48.5 Å². The van der Waals surface area contributed by atoms with Crippen LogP contribution in [-0.4, -0.2) is 19.5 Å². The van der Waals surface area contributed by atoms with E-state index in [4.69, 9.17) is 16.9 Å². The molecule has 0 aliphatic carbocycles. The number of amides is 1. The van der Waals surface area contributed by atoms with Crippen LogP contribution in [0.1, 0.15) is 5.56 Å². The number of hydrogen-bond donors (Lipinski definition) is 1. The number of rotatable bonds is 4. The molecule has 0 heterocycles. The second-order valence-corrected chi connectivity index (χ2v) is 4.98. The lowest BCUT2D eigenvalue weighted by atomic mass is 10.2. The normalized spacial score (nSPS) is 9.76. The lowest BCUT2D eigenvalue weighted by Gasteiger charge is -2.19. The molecule has 2 rings (SSSR count). The van der Waals surface area contributed by atoms with E-state index in [-0.39, 0.29) is 12.5 Å². The molecule has 0 bridgehead atoms. The Labute approximate surface area is 128 Å². The van der Waals surface area contributed by atoms with E-state index in [0.717, 1.165) is 5.69 Å². The van der Waals surface area contributed by atoms with E-state index in [2.05, 4.69) is 11.4 Å². The third-order valence-electron chi connectivity index (χ3n) is 2.92. The topological polar surface area (TPSA) is 56.1 Å². The molecule has 0 aliphatic rings. The summed E-state index contributed by atoms with van der Waals surface area (Å²) in [6.45, 7) is 0.144. The van der Waals surface area contributed by atoms with Crippen molar-refractivity contribution in [2.24, 2.45) is 0 Å². The Morgan fingerprint density at radius 1 is 1.29 bits per heavy atom. The van der Waals surface area contributed by atoms with Crippen molar-refractivity contribution in [2.45, 2.75) is 0 Å². The van der Waals surface area contributed by atoms with Crippen molar-refractivity contribution >= 4 is 28.9 Å². The number of anilines is 2. The molecular formula is C16H14ClN3O. The van der Waals surface area contributed by atoms with Gasteiger partial charge in [0, 0.05) is 17.8 Å². The average Bonchev–Trinajstić information content (AvgIpc) is 2.47. The quantitative estimate of drug-likeness (QED) is 0.942. The van der Waals surface area contributed by atoms with E-state index >= 15 is 0 Å². The van der Waals surface area contributed by atoms with Crippen molar-refractivity contribution < 1.29 is 4.79 Å². The summed E-state index contributed by atoms with van der Waals surface area (Å²) >= 11 is 5.87. The minimum atomic E-state index is -0.174. The molecule has 1 N–H and O–H groups in total. The summed E-state index contributed by atoms with van der Waals surface area (Å²) in [5.41, 5.74) is 1.91. The van der Waals surface area contributed by atoms with Crippen molar-refractivity contribution in [3.63, 3.8) is 0 Å². The van der Waals surface area contributed by atoms with Crippen LogP contribution in [0.25, 0.3) is 0 Å². The predicted molar refractivity (Wildman–Crippen MR) is 84.5 cm³/mol. The first kappa shape index (κ1) is 14.9. The molecule has 4 nitrogen and oxygen atoms in total. The van der Waals surface area contributed by atoms with Gasteiger partial charge in [0.2, 0.25) is 5.91 Å². The Morgan fingerprint density at radius 3 is 2.76 bits per heavy atom. The number of nitrogens with zero attached hydrogens (tertiary/aromatic N) is 2. The zero-order valence-electron chi connectivity index (χ0n) is 11.5. The van der Waals surface area contributed by atoms with E-state index in [0.29, 0.717) is 16.3 Å². The van der Waals surface area contributed by atoms with Gasteiger partial charge in [0.05, 0.1) is 17.8 Å². The number of likely N-dealkylation sites (N-methyl/N-ethyl adjacent to an activating group) is 1. The van der Waals surface area contributed by atoms with E-state index in [9.17, 15) is 4.79 Å². The Kier molecular flexibility index (Phi) is 4.81. The van der Waals surface area contributed by atoms with Crippen LogP contribution in [0.5, 0.6) is 0 Å². The molecule has 0 unspecified atom stereocenters. The standard InChI is InChI=1S/C16H14ClN3O/c1-20(15-8-3-2-5-12(15)10-18)11-16(21)19-14-7-4-6-13(17)9-14/h2-9H,11H2,1H3,(H,19,21). The van der Waals surface area contributed by atoms with E-state index in [1.54, 1.807) is 48.3 Å². The third kappa shape index (κ3) is 3.98. The van der Waals surface area contributed by atoms with Gasteiger partial charge >= 0.3 is 0 Å². The first-order valence-corrected chi connectivity index (χ1v) is 6.73. The van der Waals surface area contributed by atoms with Gasteiger partial charge in [-0.05, 0) is 30.3 Å². The smallest absolute Gasteiger partial charge is 0.243 e. The maximum atomic E-state index is 12.0. The summed E-state index contributed by atoms with van der Waals surface area (Å²) < 4.78 is 0. The number of carbonyl (C=O) groups is 1. The van der Waals surface area contributed by atoms with Crippen LogP contribution in [0.2, 0.25) is 5.02 Å². The second-order valence-electron chi connectivity index (χ2n) is 4.54. The highest BCUT2D eigenvalue weighted by atomic mass is 35.5. The fraction of sp³-hybridized carbons (Fsp3) is 0.125. The van der Waals surface area contributed by atoms with Gasteiger partial charge in [-0.3, -0.25) is 4.79 Å². The van der Waals surface area contributed by atoms with Crippen LogP contribution in [0, 0.1) is 11.3 Å². The van der Waals surface area contributed by atoms with Crippen LogP contribution in [-0.2, 0) is 4.79 Å². The van der Waals surface area contributed by atoms with Crippen molar-refractivity contribution in [3.8, 4) is 6.07 Å². The first-order chi connectivity index (χ1) is 10.1. The van der Waals surface area contributed by atoms with Gasteiger partial charge in [-0.15, -0.1) is 0 Å². The summed E-state index contributed by atoms with van der Waals surface area (Å²) in [6.07, 6.45) is 0. The van der Waals surface area contributed by atoms with Crippen LogP contribution >= 0.6 is 11.6 Å². The summed E-state index contributed by atoms with van der Waals surface area (Å²) in [7, 11) is 1.77. The number of hydrogen-bond acceptors (Lipinski definition) is 3. The van der Waals surface area contributed by atoms with E-state index in [1.165, 1.54) is 0 Å². The SMILES string of the molecule is CN(CC(=O)Nc1cccc(Cl)c1)c1ccccc1C#N. The number of halogens is 1. The molecule has 0 aliphatic heterocycles. The minimum Gasteiger partial charge on any atom is -0.364 e. The Bertz CT molecular complexity index is 694. The van der Waals surface area contributed by atoms with Crippen LogP contribution < -0.4 is 10.2 Å². The third-order valence-corrected chi connectivity index (χ3v) is 3.16. The van der Waals surface area contributed by atoms with Crippen molar-refractivity contribution in [2.75, 3.05) is 23.8 Å². The molecule has 0 aromatic heterocycles. The molecule has 0 saturated heterocycles. The number of para-hydroxylation sites is 1. The van der Waals surface area contributed by atoms with Gasteiger partial charge in [-0.2, -0.15) is 5.26 Å². The second kappa shape index (κ2) is 6.78. The van der Waals surface area contributed by atoms with E-state index < -0.39 is 0 Å². The molecule has 0 atom stereocenters.